The fourth-order valence-corrected chi connectivity index (χ4v) is 4.41. The van der Waals surface area contributed by atoms with Crippen LogP contribution in [0.2, 0.25) is 5.02 Å². The number of methoxy groups -OCH3 is 1. The zero-order valence-corrected chi connectivity index (χ0v) is 18.8. The van der Waals surface area contributed by atoms with E-state index in [0.717, 1.165) is 32.1 Å². The van der Waals surface area contributed by atoms with Crippen LogP contribution in [0.1, 0.15) is 63.2 Å². The first-order valence-electron chi connectivity index (χ1n) is 10.7. The molecule has 2 aromatic carbocycles. The van der Waals surface area contributed by atoms with Crippen LogP contribution in [0.15, 0.2) is 36.4 Å². The van der Waals surface area contributed by atoms with Gasteiger partial charge in [0.25, 0.3) is 17.7 Å². The highest BCUT2D eigenvalue weighted by Crippen LogP contribution is 2.32. The number of nitrogens with zero attached hydrogens (tertiary/aromatic N) is 1. The number of rotatable bonds is 6. The minimum absolute atomic E-state index is 0.0912. The molecule has 33 heavy (non-hydrogen) atoms. The Morgan fingerprint density at radius 3 is 2.48 bits per heavy atom. The number of anilines is 1. The molecular formula is C24H23ClN2O6. The summed E-state index contributed by atoms with van der Waals surface area (Å²) >= 11 is 5.95. The number of carbonyl (C=O) groups excluding carboxylic acids is 4. The summed E-state index contributed by atoms with van der Waals surface area (Å²) in [7, 11) is 1.45. The molecule has 0 saturated heterocycles. The van der Waals surface area contributed by atoms with Crippen molar-refractivity contribution in [2.45, 2.75) is 38.1 Å². The number of esters is 1. The summed E-state index contributed by atoms with van der Waals surface area (Å²) in [5.41, 5.74) is 0.907. The van der Waals surface area contributed by atoms with E-state index in [1.165, 1.54) is 36.3 Å². The zero-order chi connectivity index (χ0) is 23.5. The summed E-state index contributed by atoms with van der Waals surface area (Å²) < 4.78 is 10.3. The van der Waals surface area contributed by atoms with E-state index < -0.39 is 18.5 Å². The van der Waals surface area contributed by atoms with Gasteiger partial charge in [0.2, 0.25) is 0 Å². The third-order valence-electron chi connectivity index (χ3n) is 5.86. The van der Waals surface area contributed by atoms with Crippen LogP contribution in [-0.4, -0.2) is 48.3 Å². The highest BCUT2D eigenvalue weighted by molar-refractivity contribution is 6.31. The topological polar surface area (TPSA) is 102 Å². The number of amides is 3. The average molecular weight is 471 g/mol. The minimum atomic E-state index is -0.776. The van der Waals surface area contributed by atoms with E-state index in [0.29, 0.717) is 16.5 Å². The van der Waals surface area contributed by atoms with Crippen molar-refractivity contribution in [1.82, 2.24) is 4.90 Å². The Bertz CT molecular complexity index is 1130. The Labute approximate surface area is 195 Å². The van der Waals surface area contributed by atoms with Gasteiger partial charge in [-0.2, -0.15) is 0 Å². The van der Waals surface area contributed by atoms with E-state index in [4.69, 9.17) is 21.1 Å². The molecule has 8 nitrogen and oxygen atoms in total. The van der Waals surface area contributed by atoms with Gasteiger partial charge in [-0.15, -0.1) is 0 Å². The van der Waals surface area contributed by atoms with Crippen molar-refractivity contribution < 1.29 is 28.7 Å². The van der Waals surface area contributed by atoms with Crippen molar-refractivity contribution in [3.05, 3.63) is 58.1 Å². The molecule has 0 atom stereocenters. The van der Waals surface area contributed by atoms with E-state index in [9.17, 15) is 19.2 Å². The lowest BCUT2D eigenvalue weighted by Crippen LogP contribution is -2.40. The molecule has 1 N–H and O–H groups in total. The smallest absolute Gasteiger partial charge is 0.338 e. The molecule has 0 bridgehead atoms. The predicted molar refractivity (Wildman–Crippen MR) is 121 cm³/mol. The lowest BCUT2D eigenvalue weighted by atomic mass is 9.94. The van der Waals surface area contributed by atoms with Crippen LogP contribution in [0.4, 0.5) is 5.69 Å². The van der Waals surface area contributed by atoms with Gasteiger partial charge >= 0.3 is 5.97 Å². The number of fused-ring (bicyclic) bond motifs is 1. The number of ether oxygens (including phenoxy) is 2. The summed E-state index contributed by atoms with van der Waals surface area (Å²) in [5.74, 6) is -1.66. The minimum Gasteiger partial charge on any atom is -0.495 e. The first kappa shape index (κ1) is 22.8. The zero-order valence-electron chi connectivity index (χ0n) is 18.1. The fraction of sp³-hybridized carbons (Fsp3) is 0.333. The molecule has 9 heteroatoms. The summed E-state index contributed by atoms with van der Waals surface area (Å²) in [6.07, 6.45) is 4.67. The second-order valence-electron chi connectivity index (χ2n) is 8.00. The third-order valence-corrected chi connectivity index (χ3v) is 6.10. The SMILES string of the molecule is COc1ccc(Cl)cc1NC(=O)COC(=O)c1ccc2c(c1)C(=O)N(C1CCCCC1)C2=O. The van der Waals surface area contributed by atoms with Gasteiger partial charge in [0.1, 0.15) is 5.75 Å². The molecule has 1 aliphatic carbocycles. The first-order valence-corrected chi connectivity index (χ1v) is 11.1. The van der Waals surface area contributed by atoms with Gasteiger partial charge in [-0.1, -0.05) is 30.9 Å². The second-order valence-corrected chi connectivity index (χ2v) is 8.44. The van der Waals surface area contributed by atoms with E-state index in [1.54, 1.807) is 12.1 Å². The van der Waals surface area contributed by atoms with Crippen molar-refractivity contribution in [3.8, 4) is 5.75 Å². The van der Waals surface area contributed by atoms with Crippen molar-refractivity contribution in [1.29, 1.82) is 0 Å². The molecular weight excluding hydrogens is 448 g/mol. The third kappa shape index (κ3) is 4.71. The maximum absolute atomic E-state index is 12.9. The van der Waals surface area contributed by atoms with Crippen LogP contribution in [0.25, 0.3) is 0 Å². The standard InChI is InChI=1S/C24H23ClN2O6/c1-32-20-10-8-15(25)12-19(20)26-21(28)13-33-24(31)14-7-9-17-18(11-14)23(30)27(22(17)29)16-5-3-2-4-6-16/h7-12,16H,2-6,13H2,1H3,(H,26,28). The quantitative estimate of drug-likeness (QED) is 0.504. The number of hydrogen-bond acceptors (Lipinski definition) is 6. The van der Waals surface area contributed by atoms with Gasteiger partial charge in [-0.05, 0) is 49.2 Å². The van der Waals surface area contributed by atoms with Gasteiger partial charge < -0.3 is 14.8 Å². The van der Waals surface area contributed by atoms with Crippen LogP contribution >= 0.6 is 11.6 Å². The lowest BCUT2D eigenvalue weighted by molar-refractivity contribution is -0.119. The van der Waals surface area contributed by atoms with Gasteiger partial charge in [-0.25, -0.2) is 4.79 Å². The van der Waals surface area contributed by atoms with Gasteiger partial charge in [0, 0.05) is 11.1 Å². The van der Waals surface area contributed by atoms with Crippen LogP contribution in [-0.2, 0) is 9.53 Å². The largest absolute Gasteiger partial charge is 0.495 e. The molecule has 1 fully saturated rings. The molecule has 2 aliphatic rings. The number of benzene rings is 2. The second kappa shape index (κ2) is 9.62. The number of nitrogens with one attached hydrogen (secondary N) is 1. The van der Waals surface area contributed by atoms with Gasteiger partial charge in [-0.3, -0.25) is 19.3 Å². The molecule has 1 saturated carbocycles. The van der Waals surface area contributed by atoms with Gasteiger partial charge in [0.15, 0.2) is 6.61 Å². The van der Waals surface area contributed by atoms with Crippen molar-refractivity contribution in [3.63, 3.8) is 0 Å². The van der Waals surface area contributed by atoms with Gasteiger partial charge in [0.05, 0.1) is 29.5 Å². The molecule has 0 spiro atoms. The predicted octanol–water partition coefficient (Wildman–Crippen LogP) is 4.07. The Morgan fingerprint density at radius 1 is 1.03 bits per heavy atom. The fourth-order valence-electron chi connectivity index (χ4n) is 4.24. The number of carbonyl (C=O) groups is 4. The van der Waals surface area contributed by atoms with E-state index >= 15 is 0 Å². The number of hydrogen-bond donors (Lipinski definition) is 1. The molecule has 1 heterocycles. The number of imide groups is 1. The average Bonchev–Trinajstić information content (AvgIpc) is 3.07. The summed E-state index contributed by atoms with van der Waals surface area (Å²) in [4.78, 5) is 51.7. The highest BCUT2D eigenvalue weighted by atomic mass is 35.5. The first-order chi connectivity index (χ1) is 15.9. The van der Waals surface area contributed by atoms with E-state index in [-0.39, 0.29) is 34.5 Å². The van der Waals surface area contributed by atoms with E-state index in [1.807, 2.05) is 0 Å². The normalized spacial score (nSPS) is 15.9. The van der Waals surface area contributed by atoms with Crippen molar-refractivity contribution in [2.75, 3.05) is 19.0 Å². The summed E-state index contributed by atoms with van der Waals surface area (Å²) in [5, 5.41) is 2.98. The monoisotopic (exact) mass is 470 g/mol. The van der Waals surface area contributed by atoms with Crippen molar-refractivity contribution >= 4 is 41.0 Å². The van der Waals surface area contributed by atoms with Crippen LogP contribution in [0.3, 0.4) is 0 Å². The Morgan fingerprint density at radius 2 is 1.76 bits per heavy atom. The highest BCUT2D eigenvalue weighted by Gasteiger charge is 2.40. The van der Waals surface area contributed by atoms with Crippen LogP contribution in [0.5, 0.6) is 5.75 Å². The van der Waals surface area contributed by atoms with E-state index in [2.05, 4.69) is 5.32 Å². The molecule has 2 aromatic rings. The Balaban J connectivity index is 1.41. The molecule has 0 unspecified atom stereocenters. The Hall–Kier alpha value is -3.39. The van der Waals surface area contributed by atoms with Crippen molar-refractivity contribution in [2.24, 2.45) is 0 Å². The molecule has 1 aliphatic heterocycles. The maximum atomic E-state index is 12.9. The molecule has 0 aromatic heterocycles. The molecule has 0 radical (unpaired) electrons. The van der Waals surface area contributed by atoms with Crippen LogP contribution in [0, 0.1) is 0 Å². The van der Waals surface area contributed by atoms with Crippen LogP contribution < -0.4 is 10.1 Å². The Kier molecular flexibility index (Phi) is 6.65. The molecule has 3 amide bonds. The maximum Gasteiger partial charge on any atom is 0.338 e. The molecule has 172 valence electrons. The lowest BCUT2D eigenvalue weighted by Gasteiger charge is -2.29. The number of halogens is 1. The summed E-state index contributed by atoms with van der Waals surface area (Å²) in [6, 6.07) is 8.88. The molecule has 4 rings (SSSR count). The summed E-state index contributed by atoms with van der Waals surface area (Å²) in [6.45, 7) is -0.549.